The van der Waals surface area contributed by atoms with Crippen molar-refractivity contribution >= 4 is 57.0 Å². The summed E-state index contributed by atoms with van der Waals surface area (Å²) in [5, 5.41) is 0.132. The lowest BCUT2D eigenvalue weighted by atomic mass is 9.97. The van der Waals surface area contributed by atoms with Crippen molar-refractivity contribution in [2.24, 2.45) is 0 Å². The summed E-state index contributed by atoms with van der Waals surface area (Å²) in [5.41, 5.74) is 0.704. The molecule has 36 heavy (non-hydrogen) atoms. The number of allylic oxidation sites excluding steroid dienone is 1. The van der Waals surface area contributed by atoms with Gasteiger partial charge in [-0.1, -0.05) is 23.7 Å². The molecule has 2 aromatic carbocycles. The highest BCUT2D eigenvalue weighted by molar-refractivity contribution is 9.10. The third kappa shape index (κ3) is 6.41. The minimum Gasteiger partial charge on any atom is -0.480 e. The van der Waals surface area contributed by atoms with Crippen molar-refractivity contribution in [3.8, 4) is 5.75 Å². The van der Waals surface area contributed by atoms with Gasteiger partial charge in [0, 0.05) is 23.2 Å². The van der Waals surface area contributed by atoms with Crippen molar-refractivity contribution in [3.05, 3.63) is 69.6 Å². The number of hydrogen-bond donors (Lipinski definition) is 0. The molecule has 0 saturated carbocycles. The van der Waals surface area contributed by atoms with Crippen LogP contribution < -0.4 is 9.64 Å². The van der Waals surface area contributed by atoms with E-state index in [1.165, 1.54) is 67.8 Å². The Balaban J connectivity index is 2.04. The number of halogens is 3. The van der Waals surface area contributed by atoms with E-state index in [2.05, 4.69) is 20.7 Å². The van der Waals surface area contributed by atoms with Crippen molar-refractivity contribution in [1.82, 2.24) is 4.90 Å². The summed E-state index contributed by atoms with van der Waals surface area (Å²) < 4.78 is 28.6. The summed E-state index contributed by atoms with van der Waals surface area (Å²) in [6.07, 6.45) is 2.51. The Hall–Kier alpha value is -3.44. The van der Waals surface area contributed by atoms with Crippen LogP contribution in [-0.2, 0) is 23.9 Å². The number of hydrogen-bond acceptors (Lipinski definition) is 7. The molecule has 2 amide bonds. The Morgan fingerprint density at radius 3 is 2.44 bits per heavy atom. The summed E-state index contributed by atoms with van der Waals surface area (Å²) in [4.78, 5) is 52.1. The number of urea groups is 1. The molecule has 0 aliphatic carbocycles. The molecule has 0 aromatic heterocycles. The first kappa shape index (κ1) is 27.2. The zero-order chi connectivity index (χ0) is 26.4. The van der Waals surface area contributed by atoms with Crippen LogP contribution in [0.15, 0.2) is 53.1 Å². The lowest BCUT2D eigenvalue weighted by Gasteiger charge is -2.35. The number of amides is 2. The van der Waals surface area contributed by atoms with Gasteiger partial charge in [0.1, 0.15) is 18.1 Å². The van der Waals surface area contributed by atoms with Crippen molar-refractivity contribution in [2.45, 2.75) is 12.5 Å². The zero-order valence-corrected chi connectivity index (χ0v) is 21.5. The smallest absolute Gasteiger partial charge is 0.343 e. The fourth-order valence-electron chi connectivity index (χ4n) is 3.41. The van der Waals surface area contributed by atoms with E-state index in [1.807, 2.05) is 0 Å². The SMILES string of the molecule is COC(=O)COc1cc(N(CC(=O)OC)C(=O)N2C=CC(=O)CC2c2ccc(F)cc2)c(Br)cc1Cl. The fraction of sp³-hybridized carbons (Fsp3) is 0.250. The molecule has 1 aliphatic rings. The molecule has 1 atom stereocenters. The maximum Gasteiger partial charge on any atom is 0.343 e. The molecule has 0 N–H and O–H groups in total. The number of nitrogens with zero attached hydrogens (tertiary/aromatic N) is 2. The van der Waals surface area contributed by atoms with Crippen LogP contribution in [0.3, 0.4) is 0 Å². The molecular formula is C24H21BrClFN2O7. The molecule has 1 unspecified atom stereocenters. The van der Waals surface area contributed by atoms with Crippen LogP contribution >= 0.6 is 27.5 Å². The van der Waals surface area contributed by atoms with Crippen molar-refractivity contribution in [3.63, 3.8) is 0 Å². The molecule has 1 heterocycles. The average molecular weight is 584 g/mol. The first-order valence-electron chi connectivity index (χ1n) is 10.5. The molecule has 0 radical (unpaired) electrons. The maximum absolute atomic E-state index is 13.8. The maximum atomic E-state index is 13.8. The predicted octanol–water partition coefficient (Wildman–Crippen LogP) is 4.42. The van der Waals surface area contributed by atoms with E-state index in [0.29, 0.717) is 10.0 Å². The Morgan fingerprint density at radius 1 is 1.14 bits per heavy atom. The number of rotatable bonds is 7. The number of benzene rings is 2. The van der Waals surface area contributed by atoms with Gasteiger partial charge in [0.2, 0.25) is 0 Å². The van der Waals surface area contributed by atoms with E-state index in [-0.39, 0.29) is 28.7 Å². The van der Waals surface area contributed by atoms with Crippen molar-refractivity contribution in [1.29, 1.82) is 0 Å². The summed E-state index contributed by atoms with van der Waals surface area (Å²) in [6, 6.07) is 6.80. The van der Waals surface area contributed by atoms with E-state index in [0.717, 1.165) is 4.90 Å². The normalized spacial score (nSPS) is 14.9. The van der Waals surface area contributed by atoms with E-state index in [9.17, 15) is 23.6 Å². The molecule has 0 saturated heterocycles. The van der Waals surface area contributed by atoms with E-state index in [1.54, 1.807) is 0 Å². The van der Waals surface area contributed by atoms with Gasteiger partial charge < -0.3 is 14.2 Å². The second-order valence-corrected chi connectivity index (χ2v) is 8.77. The third-order valence-electron chi connectivity index (χ3n) is 5.24. The number of carbonyl (C=O) groups excluding carboxylic acids is 4. The van der Waals surface area contributed by atoms with Gasteiger partial charge in [-0.2, -0.15) is 0 Å². The van der Waals surface area contributed by atoms with Gasteiger partial charge in [0.25, 0.3) is 0 Å². The van der Waals surface area contributed by atoms with Gasteiger partial charge >= 0.3 is 18.0 Å². The highest BCUT2D eigenvalue weighted by Crippen LogP contribution is 2.38. The standard InChI is InChI=1S/C24H21BrClFN2O7/c1-34-22(31)12-29(20-11-21(18(26)10-17(20)25)36-13-23(32)35-2)24(33)28-8-7-16(30)9-19(28)14-3-5-15(27)6-4-14/h3-8,10-11,19H,9,12-13H2,1-2H3. The van der Waals surface area contributed by atoms with Gasteiger partial charge in [0.05, 0.1) is 31.0 Å². The monoisotopic (exact) mass is 582 g/mol. The quantitative estimate of drug-likeness (QED) is 0.445. The molecule has 190 valence electrons. The van der Waals surface area contributed by atoms with Crippen LogP contribution in [0.1, 0.15) is 18.0 Å². The van der Waals surface area contributed by atoms with E-state index < -0.39 is 43.0 Å². The number of ketones is 1. The molecule has 0 fully saturated rings. The van der Waals surface area contributed by atoms with Gasteiger partial charge in [-0.15, -0.1) is 0 Å². The molecule has 1 aliphatic heterocycles. The first-order chi connectivity index (χ1) is 17.1. The van der Waals surface area contributed by atoms with Gasteiger partial charge in [-0.05, 0) is 45.8 Å². The fourth-order valence-corrected chi connectivity index (χ4v) is 4.31. The van der Waals surface area contributed by atoms with Crippen LogP contribution in [0.25, 0.3) is 0 Å². The van der Waals surface area contributed by atoms with E-state index >= 15 is 0 Å². The van der Waals surface area contributed by atoms with Crippen LogP contribution in [0, 0.1) is 5.82 Å². The summed E-state index contributed by atoms with van der Waals surface area (Å²) in [7, 11) is 2.37. The number of carbonyl (C=O) groups is 4. The Kier molecular flexibility index (Phi) is 9.05. The van der Waals surface area contributed by atoms with Crippen molar-refractivity contribution < 1.29 is 37.8 Å². The number of ether oxygens (including phenoxy) is 3. The summed E-state index contributed by atoms with van der Waals surface area (Å²) >= 11 is 9.58. The third-order valence-corrected chi connectivity index (χ3v) is 6.17. The molecule has 9 nitrogen and oxygen atoms in total. The lowest BCUT2D eigenvalue weighted by Crippen LogP contribution is -2.46. The molecular weight excluding hydrogens is 563 g/mol. The number of methoxy groups -OCH3 is 2. The largest absolute Gasteiger partial charge is 0.480 e. The first-order valence-corrected chi connectivity index (χ1v) is 11.6. The Labute approximate surface area is 219 Å². The van der Waals surface area contributed by atoms with Crippen LogP contribution in [0.4, 0.5) is 14.9 Å². The summed E-state index contributed by atoms with van der Waals surface area (Å²) in [6.45, 7) is -0.938. The Bertz CT molecular complexity index is 1210. The highest BCUT2D eigenvalue weighted by atomic mass is 79.9. The van der Waals surface area contributed by atoms with Crippen LogP contribution in [-0.4, -0.2) is 56.0 Å². The molecule has 2 aromatic rings. The van der Waals surface area contributed by atoms with Crippen LogP contribution in [0.5, 0.6) is 5.75 Å². The Morgan fingerprint density at radius 2 is 1.81 bits per heavy atom. The molecule has 3 rings (SSSR count). The minimum absolute atomic E-state index is 0.0464. The van der Waals surface area contributed by atoms with Crippen LogP contribution in [0.2, 0.25) is 5.02 Å². The molecule has 0 bridgehead atoms. The second kappa shape index (κ2) is 12.0. The number of esters is 2. The molecule has 12 heteroatoms. The molecule has 0 spiro atoms. The summed E-state index contributed by atoms with van der Waals surface area (Å²) in [5.74, 6) is -2.01. The zero-order valence-electron chi connectivity index (χ0n) is 19.2. The number of anilines is 1. The minimum atomic E-state index is -0.753. The van der Waals surface area contributed by atoms with Gasteiger partial charge in [0.15, 0.2) is 12.4 Å². The predicted molar refractivity (Wildman–Crippen MR) is 131 cm³/mol. The topological polar surface area (TPSA) is 102 Å². The van der Waals surface area contributed by atoms with Gasteiger partial charge in [-0.3, -0.25) is 19.4 Å². The van der Waals surface area contributed by atoms with Gasteiger partial charge in [-0.25, -0.2) is 14.0 Å². The van der Waals surface area contributed by atoms with E-state index in [4.69, 9.17) is 21.1 Å². The highest BCUT2D eigenvalue weighted by Gasteiger charge is 2.34. The lowest BCUT2D eigenvalue weighted by molar-refractivity contribution is -0.143. The average Bonchev–Trinajstić information content (AvgIpc) is 2.86. The second-order valence-electron chi connectivity index (χ2n) is 7.50. The van der Waals surface area contributed by atoms with Crippen molar-refractivity contribution in [2.75, 3.05) is 32.3 Å².